The van der Waals surface area contributed by atoms with Gasteiger partial charge in [-0.25, -0.2) is 0 Å². The van der Waals surface area contributed by atoms with Gasteiger partial charge in [0.25, 0.3) is 5.91 Å². The summed E-state index contributed by atoms with van der Waals surface area (Å²) in [6.07, 6.45) is -0.721. The lowest BCUT2D eigenvalue weighted by molar-refractivity contribution is -0.124. The minimum absolute atomic E-state index is 0.424. The Morgan fingerprint density at radius 2 is 1.88 bits per heavy atom. The number of carbonyl (C=O) groups is 1. The first-order chi connectivity index (χ1) is 7.60. The van der Waals surface area contributed by atoms with Crippen molar-refractivity contribution in [1.82, 2.24) is 0 Å². The van der Waals surface area contributed by atoms with E-state index in [1.54, 1.807) is 25.1 Å². The first-order valence-electron chi connectivity index (χ1n) is 4.77. The van der Waals surface area contributed by atoms with Crippen LogP contribution in [-0.2, 0) is 4.79 Å². The van der Waals surface area contributed by atoms with E-state index >= 15 is 0 Å². The molecule has 1 aromatic rings. The highest BCUT2D eigenvalue weighted by atomic mass is 16.5. The Hall–Kier alpha value is -1.91. The van der Waals surface area contributed by atoms with Gasteiger partial charge in [-0.2, -0.15) is 0 Å². The number of hydrogen-bond acceptors (Lipinski definition) is 4. The number of amides is 1. The molecule has 0 spiro atoms. The fourth-order valence-corrected chi connectivity index (χ4v) is 1.20. The lowest BCUT2D eigenvalue weighted by Crippen LogP contribution is -2.30. The van der Waals surface area contributed by atoms with Crippen LogP contribution in [0, 0.1) is 0 Å². The summed E-state index contributed by atoms with van der Waals surface area (Å²) in [4.78, 5) is 10.9. The van der Waals surface area contributed by atoms with Crippen LogP contribution in [0.4, 0.5) is 0 Å². The monoisotopic (exact) mass is 225 g/mol. The maximum Gasteiger partial charge on any atom is 0.258 e. The van der Waals surface area contributed by atoms with Crippen molar-refractivity contribution in [2.75, 3.05) is 14.2 Å². The Bertz CT molecular complexity index is 378. The number of methoxy groups -OCH3 is 2. The molecule has 5 heteroatoms. The predicted octanol–water partition coefficient (Wildman–Crippen LogP) is 0.956. The number of hydrogen-bond donors (Lipinski definition) is 1. The van der Waals surface area contributed by atoms with Crippen molar-refractivity contribution >= 4 is 5.91 Å². The van der Waals surface area contributed by atoms with Crippen molar-refractivity contribution < 1.29 is 19.0 Å². The average molecular weight is 225 g/mol. The first-order valence-corrected chi connectivity index (χ1v) is 4.77. The zero-order valence-corrected chi connectivity index (χ0v) is 9.52. The molecule has 0 aliphatic heterocycles. The van der Waals surface area contributed by atoms with Crippen LogP contribution in [0.5, 0.6) is 17.2 Å². The van der Waals surface area contributed by atoms with Gasteiger partial charge in [-0.05, 0) is 19.1 Å². The maximum absolute atomic E-state index is 10.9. The minimum Gasteiger partial charge on any atom is -0.493 e. The van der Waals surface area contributed by atoms with Gasteiger partial charge in [0.15, 0.2) is 17.6 Å². The van der Waals surface area contributed by atoms with E-state index in [1.165, 1.54) is 14.2 Å². The van der Waals surface area contributed by atoms with Gasteiger partial charge in [0.1, 0.15) is 0 Å². The van der Waals surface area contributed by atoms with Crippen LogP contribution in [-0.4, -0.2) is 26.2 Å². The number of nitrogens with two attached hydrogens (primary N) is 1. The molecule has 88 valence electrons. The Balaban J connectivity index is 2.99. The van der Waals surface area contributed by atoms with Crippen molar-refractivity contribution in [2.24, 2.45) is 5.73 Å². The SMILES string of the molecule is COc1cccc(OC(C)C(N)=O)c1OC. The molecule has 0 aliphatic carbocycles. The lowest BCUT2D eigenvalue weighted by atomic mass is 10.3. The van der Waals surface area contributed by atoms with Crippen LogP contribution < -0.4 is 19.9 Å². The summed E-state index contributed by atoms with van der Waals surface area (Å²) in [5.41, 5.74) is 5.11. The van der Waals surface area contributed by atoms with Gasteiger partial charge in [-0.3, -0.25) is 4.79 Å². The molecule has 0 bridgehead atoms. The summed E-state index contributed by atoms with van der Waals surface area (Å²) in [6, 6.07) is 5.16. The molecular weight excluding hydrogens is 210 g/mol. The molecule has 0 heterocycles. The molecule has 1 amide bonds. The van der Waals surface area contributed by atoms with Gasteiger partial charge in [0, 0.05) is 0 Å². The van der Waals surface area contributed by atoms with Crippen molar-refractivity contribution in [1.29, 1.82) is 0 Å². The summed E-state index contributed by atoms with van der Waals surface area (Å²) in [7, 11) is 3.03. The number of rotatable bonds is 5. The lowest BCUT2D eigenvalue weighted by Gasteiger charge is -2.16. The Morgan fingerprint density at radius 3 is 2.38 bits per heavy atom. The highest BCUT2D eigenvalue weighted by Gasteiger charge is 2.16. The quantitative estimate of drug-likeness (QED) is 0.810. The number of carbonyl (C=O) groups excluding carboxylic acids is 1. The molecule has 2 N–H and O–H groups in total. The summed E-state index contributed by atoms with van der Waals surface area (Å²) in [6.45, 7) is 1.57. The molecule has 1 aromatic carbocycles. The van der Waals surface area contributed by atoms with E-state index in [0.29, 0.717) is 17.2 Å². The minimum atomic E-state index is -0.721. The Kier molecular flexibility index (Phi) is 3.99. The third kappa shape index (κ3) is 2.56. The van der Waals surface area contributed by atoms with E-state index in [1.807, 2.05) is 0 Å². The van der Waals surface area contributed by atoms with Gasteiger partial charge < -0.3 is 19.9 Å². The van der Waals surface area contributed by atoms with Gasteiger partial charge >= 0.3 is 0 Å². The summed E-state index contributed by atoms with van der Waals surface area (Å²) in [5.74, 6) is 0.868. The van der Waals surface area contributed by atoms with Crippen LogP contribution in [0.15, 0.2) is 18.2 Å². The second kappa shape index (κ2) is 5.25. The summed E-state index contributed by atoms with van der Waals surface area (Å²) >= 11 is 0. The molecule has 0 aliphatic rings. The third-order valence-corrected chi connectivity index (χ3v) is 2.07. The highest BCUT2D eigenvalue weighted by Crippen LogP contribution is 2.36. The molecule has 0 fully saturated rings. The van der Waals surface area contributed by atoms with Crippen LogP contribution >= 0.6 is 0 Å². The number of primary amides is 1. The Labute approximate surface area is 94.1 Å². The standard InChI is InChI=1S/C11H15NO4/c1-7(11(12)13)16-9-6-4-5-8(14-2)10(9)15-3/h4-7H,1-3H3,(H2,12,13). The number of ether oxygens (including phenoxy) is 3. The van der Waals surface area contributed by atoms with Gasteiger partial charge in [0.2, 0.25) is 5.75 Å². The molecule has 1 unspecified atom stereocenters. The van der Waals surface area contributed by atoms with Crippen molar-refractivity contribution in [3.8, 4) is 17.2 Å². The fourth-order valence-electron chi connectivity index (χ4n) is 1.20. The zero-order valence-electron chi connectivity index (χ0n) is 9.52. The van der Waals surface area contributed by atoms with E-state index in [2.05, 4.69) is 0 Å². The second-order valence-corrected chi connectivity index (χ2v) is 3.15. The summed E-state index contributed by atoms with van der Waals surface area (Å²) < 4.78 is 15.6. The van der Waals surface area contributed by atoms with Crippen LogP contribution in [0.25, 0.3) is 0 Å². The molecule has 1 atom stereocenters. The average Bonchev–Trinajstić information content (AvgIpc) is 2.28. The second-order valence-electron chi connectivity index (χ2n) is 3.15. The molecule has 5 nitrogen and oxygen atoms in total. The maximum atomic E-state index is 10.9. The van der Waals surface area contributed by atoms with Crippen molar-refractivity contribution in [3.05, 3.63) is 18.2 Å². The van der Waals surface area contributed by atoms with Gasteiger partial charge in [-0.1, -0.05) is 6.07 Å². The summed E-state index contributed by atoms with van der Waals surface area (Å²) in [5, 5.41) is 0. The predicted molar refractivity (Wildman–Crippen MR) is 58.8 cm³/mol. The molecule has 1 rings (SSSR count). The normalized spacial score (nSPS) is 11.7. The first kappa shape index (κ1) is 12.2. The molecular formula is C11H15NO4. The van der Waals surface area contributed by atoms with E-state index < -0.39 is 12.0 Å². The van der Waals surface area contributed by atoms with E-state index in [4.69, 9.17) is 19.9 Å². The molecule has 0 saturated carbocycles. The molecule has 0 aromatic heterocycles. The third-order valence-electron chi connectivity index (χ3n) is 2.07. The molecule has 0 radical (unpaired) electrons. The van der Waals surface area contributed by atoms with E-state index in [9.17, 15) is 4.79 Å². The largest absolute Gasteiger partial charge is 0.493 e. The molecule has 0 saturated heterocycles. The van der Waals surface area contributed by atoms with Gasteiger partial charge in [-0.15, -0.1) is 0 Å². The van der Waals surface area contributed by atoms with E-state index in [0.717, 1.165) is 0 Å². The molecule has 16 heavy (non-hydrogen) atoms. The van der Waals surface area contributed by atoms with Crippen molar-refractivity contribution in [3.63, 3.8) is 0 Å². The Morgan fingerprint density at radius 1 is 1.25 bits per heavy atom. The number of para-hydroxylation sites is 1. The van der Waals surface area contributed by atoms with Crippen LogP contribution in [0.1, 0.15) is 6.92 Å². The number of benzene rings is 1. The van der Waals surface area contributed by atoms with E-state index in [-0.39, 0.29) is 0 Å². The van der Waals surface area contributed by atoms with Crippen LogP contribution in [0.2, 0.25) is 0 Å². The fraction of sp³-hybridized carbons (Fsp3) is 0.364. The highest BCUT2D eigenvalue weighted by molar-refractivity contribution is 5.78. The zero-order chi connectivity index (χ0) is 12.1. The van der Waals surface area contributed by atoms with Gasteiger partial charge in [0.05, 0.1) is 14.2 Å². The van der Waals surface area contributed by atoms with Crippen molar-refractivity contribution in [2.45, 2.75) is 13.0 Å². The topological polar surface area (TPSA) is 70.8 Å². The smallest absolute Gasteiger partial charge is 0.258 e. The van der Waals surface area contributed by atoms with Crippen LogP contribution in [0.3, 0.4) is 0 Å².